The molecule has 0 atom stereocenters. The van der Waals surface area contributed by atoms with E-state index in [1.807, 2.05) is 11.8 Å². The van der Waals surface area contributed by atoms with Crippen molar-refractivity contribution >= 4 is 11.6 Å². The summed E-state index contributed by atoms with van der Waals surface area (Å²) in [6, 6.07) is 6.62. The third-order valence-electron chi connectivity index (χ3n) is 3.67. The van der Waals surface area contributed by atoms with Gasteiger partial charge in [-0.25, -0.2) is 8.78 Å². The number of furan rings is 1. The predicted octanol–water partition coefficient (Wildman–Crippen LogP) is 3.46. The fourth-order valence-electron chi connectivity index (χ4n) is 2.52. The fraction of sp³-hybridized carbons (Fsp3) is 0.278. The van der Waals surface area contributed by atoms with E-state index in [2.05, 4.69) is 15.5 Å². The van der Waals surface area contributed by atoms with Crippen molar-refractivity contribution in [3.8, 4) is 11.7 Å². The summed E-state index contributed by atoms with van der Waals surface area (Å²) in [5.41, 5.74) is 0.188. The molecule has 1 amide bonds. The Labute approximate surface area is 154 Å². The molecule has 9 heteroatoms. The summed E-state index contributed by atoms with van der Waals surface area (Å²) in [5, 5.41) is 10.4. The highest BCUT2D eigenvalue weighted by molar-refractivity contribution is 5.92. The number of benzene rings is 1. The molecule has 2 aromatic heterocycles. The van der Waals surface area contributed by atoms with Gasteiger partial charge in [-0.15, -0.1) is 10.2 Å². The van der Waals surface area contributed by atoms with Gasteiger partial charge in [0, 0.05) is 11.8 Å². The van der Waals surface area contributed by atoms with Crippen LogP contribution in [0.5, 0.6) is 0 Å². The Kier molecular flexibility index (Phi) is 5.92. The number of nitrogens with zero attached hydrogens (tertiary/aromatic N) is 3. The second-order valence-corrected chi connectivity index (χ2v) is 5.87. The van der Waals surface area contributed by atoms with E-state index in [-0.39, 0.29) is 30.6 Å². The first-order valence-corrected chi connectivity index (χ1v) is 8.38. The maximum absolute atomic E-state index is 13.2. The standard InChI is InChI=1S/C18H18F2N4O3/c1-2-7-24(10-16(25)21-12-5-6-13(19)14(20)9-12)11-17-22-23-18(27-17)15-4-3-8-26-15/h3-6,8-9H,2,7,10-11H2,1H3,(H,21,25). The Bertz CT molecular complexity index is 896. The molecule has 0 fully saturated rings. The van der Waals surface area contributed by atoms with Crippen LogP contribution in [0.3, 0.4) is 0 Å². The van der Waals surface area contributed by atoms with Crippen LogP contribution >= 0.6 is 0 Å². The summed E-state index contributed by atoms with van der Waals surface area (Å²) in [6.45, 7) is 2.89. The number of hydrogen-bond acceptors (Lipinski definition) is 6. The lowest BCUT2D eigenvalue weighted by Gasteiger charge is -2.19. The number of carbonyl (C=O) groups is 1. The minimum absolute atomic E-state index is 0.0330. The molecule has 1 aromatic carbocycles. The Balaban J connectivity index is 1.61. The van der Waals surface area contributed by atoms with Crippen molar-refractivity contribution in [2.45, 2.75) is 19.9 Å². The number of anilines is 1. The van der Waals surface area contributed by atoms with Gasteiger partial charge in [0.2, 0.25) is 11.8 Å². The second kappa shape index (κ2) is 8.54. The average molecular weight is 376 g/mol. The maximum Gasteiger partial charge on any atom is 0.283 e. The van der Waals surface area contributed by atoms with Crippen LogP contribution in [0.1, 0.15) is 19.2 Å². The Morgan fingerprint density at radius 2 is 2.07 bits per heavy atom. The van der Waals surface area contributed by atoms with Crippen molar-refractivity contribution in [3.05, 3.63) is 54.1 Å². The smallest absolute Gasteiger partial charge is 0.283 e. The van der Waals surface area contributed by atoms with Crippen LogP contribution < -0.4 is 5.32 Å². The van der Waals surface area contributed by atoms with Gasteiger partial charge in [0.15, 0.2) is 17.4 Å². The van der Waals surface area contributed by atoms with Crippen LogP contribution in [-0.4, -0.2) is 34.1 Å². The molecule has 0 spiro atoms. The van der Waals surface area contributed by atoms with Crippen LogP contribution in [0.15, 0.2) is 45.4 Å². The molecule has 3 aromatic rings. The molecule has 1 N–H and O–H groups in total. The molecule has 27 heavy (non-hydrogen) atoms. The molecular formula is C18H18F2N4O3. The van der Waals surface area contributed by atoms with Crippen molar-refractivity contribution in [3.63, 3.8) is 0 Å². The lowest BCUT2D eigenvalue weighted by atomic mass is 10.3. The van der Waals surface area contributed by atoms with Crippen LogP contribution in [0.4, 0.5) is 14.5 Å². The Hall–Kier alpha value is -3.07. The largest absolute Gasteiger partial charge is 0.459 e. The first-order valence-electron chi connectivity index (χ1n) is 8.38. The van der Waals surface area contributed by atoms with Gasteiger partial charge in [-0.2, -0.15) is 0 Å². The third kappa shape index (κ3) is 4.98. The van der Waals surface area contributed by atoms with Gasteiger partial charge in [-0.05, 0) is 37.2 Å². The normalized spacial score (nSPS) is 11.1. The number of amides is 1. The first kappa shape index (κ1) is 18.7. The van der Waals surface area contributed by atoms with Gasteiger partial charge in [0.05, 0.1) is 19.4 Å². The summed E-state index contributed by atoms with van der Waals surface area (Å²) in [5.74, 6) is -1.28. The molecule has 0 bridgehead atoms. The number of nitrogens with one attached hydrogen (secondary N) is 1. The molecule has 0 saturated heterocycles. The van der Waals surface area contributed by atoms with E-state index in [0.717, 1.165) is 18.6 Å². The monoisotopic (exact) mass is 376 g/mol. The molecule has 0 saturated carbocycles. The molecule has 142 valence electrons. The Morgan fingerprint density at radius 3 is 2.78 bits per heavy atom. The summed E-state index contributed by atoms with van der Waals surface area (Å²) >= 11 is 0. The zero-order valence-electron chi connectivity index (χ0n) is 14.6. The molecular weight excluding hydrogens is 358 g/mol. The Morgan fingerprint density at radius 1 is 1.22 bits per heavy atom. The number of hydrogen-bond donors (Lipinski definition) is 1. The van der Waals surface area contributed by atoms with E-state index >= 15 is 0 Å². The van der Waals surface area contributed by atoms with Crippen LogP contribution in [-0.2, 0) is 11.3 Å². The molecule has 0 aliphatic heterocycles. The molecule has 0 radical (unpaired) electrons. The lowest BCUT2D eigenvalue weighted by molar-refractivity contribution is -0.117. The summed E-state index contributed by atoms with van der Waals surface area (Å²) in [4.78, 5) is 14.0. The van der Waals surface area contributed by atoms with Gasteiger partial charge < -0.3 is 14.2 Å². The van der Waals surface area contributed by atoms with Crippen molar-refractivity contribution in [2.24, 2.45) is 0 Å². The number of aromatic nitrogens is 2. The minimum atomic E-state index is -1.02. The minimum Gasteiger partial charge on any atom is -0.459 e. The highest BCUT2D eigenvalue weighted by Crippen LogP contribution is 2.18. The molecule has 2 heterocycles. The number of halogens is 2. The average Bonchev–Trinajstić information content (AvgIpc) is 3.29. The lowest BCUT2D eigenvalue weighted by Crippen LogP contribution is -2.33. The molecule has 7 nitrogen and oxygen atoms in total. The second-order valence-electron chi connectivity index (χ2n) is 5.87. The number of rotatable bonds is 8. The van der Waals surface area contributed by atoms with Crippen LogP contribution in [0, 0.1) is 11.6 Å². The van der Waals surface area contributed by atoms with E-state index < -0.39 is 11.6 Å². The van der Waals surface area contributed by atoms with Gasteiger partial charge in [0.25, 0.3) is 5.89 Å². The molecule has 0 aliphatic carbocycles. The van der Waals surface area contributed by atoms with Gasteiger partial charge >= 0.3 is 0 Å². The van der Waals surface area contributed by atoms with Crippen molar-refractivity contribution in [1.82, 2.24) is 15.1 Å². The zero-order valence-corrected chi connectivity index (χ0v) is 14.6. The van der Waals surface area contributed by atoms with Gasteiger partial charge in [-0.3, -0.25) is 9.69 Å². The summed E-state index contributed by atoms with van der Waals surface area (Å²) in [7, 11) is 0. The molecule has 0 unspecified atom stereocenters. The fourth-order valence-corrected chi connectivity index (χ4v) is 2.52. The topological polar surface area (TPSA) is 84.4 Å². The van der Waals surface area contributed by atoms with Crippen LogP contribution in [0.2, 0.25) is 0 Å². The number of carbonyl (C=O) groups excluding carboxylic acids is 1. The summed E-state index contributed by atoms with van der Waals surface area (Å²) in [6.07, 6.45) is 2.31. The highest BCUT2D eigenvalue weighted by Gasteiger charge is 2.17. The van der Waals surface area contributed by atoms with E-state index in [1.54, 1.807) is 12.1 Å². The quantitative estimate of drug-likeness (QED) is 0.648. The van der Waals surface area contributed by atoms with E-state index in [1.165, 1.54) is 12.3 Å². The van der Waals surface area contributed by atoms with Crippen molar-refractivity contribution in [1.29, 1.82) is 0 Å². The van der Waals surface area contributed by atoms with Crippen molar-refractivity contribution < 1.29 is 22.4 Å². The van der Waals surface area contributed by atoms with Gasteiger partial charge in [0.1, 0.15) is 0 Å². The highest BCUT2D eigenvalue weighted by atomic mass is 19.2. The zero-order chi connectivity index (χ0) is 19.2. The van der Waals surface area contributed by atoms with Crippen LogP contribution in [0.25, 0.3) is 11.7 Å². The first-order chi connectivity index (χ1) is 13.0. The SMILES string of the molecule is CCCN(CC(=O)Nc1ccc(F)c(F)c1)Cc1nnc(-c2ccco2)o1. The molecule has 0 aliphatic rings. The maximum atomic E-state index is 13.2. The predicted molar refractivity (Wildman–Crippen MR) is 92.6 cm³/mol. The van der Waals surface area contributed by atoms with E-state index in [0.29, 0.717) is 18.2 Å². The molecule has 3 rings (SSSR count). The van der Waals surface area contributed by atoms with E-state index in [4.69, 9.17) is 8.83 Å². The van der Waals surface area contributed by atoms with Crippen molar-refractivity contribution in [2.75, 3.05) is 18.4 Å². The van der Waals surface area contributed by atoms with Gasteiger partial charge in [-0.1, -0.05) is 6.92 Å². The van der Waals surface area contributed by atoms with E-state index in [9.17, 15) is 13.6 Å². The third-order valence-corrected chi connectivity index (χ3v) is 3.67. The summed E-state index contributed by atoms with van der Waals surface area (Å²) < 4.78 is 37.0.